The van der Waals surface area contributed by atoms with Crippen molar-refractivity contribution in [3.8, 4) is 0 Å². The molecule has 0 saturated carbocycles. The van der Waals surface area contributed by atoms with Crippen molar-refractivity contribution in [2.75, 3.05) is 6.61 Å². The molecular weight excluding hydrogens is 190 g/mol. The van der Waals surface area contributed by atoms with Gasteiger partial charge in [-0.15, -0.1) is 0 Å². The Morgan fingerprint density at radius 1 is 1.31 bits per heavy atom. The van der Waals surface area contributed by atoms with E-state index in [-0.39, 0.29) is 11.5 Å². The maximum Gasteiger partial charge on any atom is 0.238 e. The summed E-state index contributed by atoms with van der Waals surface area (Å²) in [6.07, 6.45) is 0. The second-order valence-corrected chi connectivity index (χ2v) is 3.74. The molecule has 5 heteroatoms. The molecule has 0 aromatic heterocycles. The molecule has 13 heavy (non-hydrogen) atoms. The lowest BCUT2D eigenvalue weighted by molar-refractivity contribution is 0.318. The number of benzene rings is 1. The molecule has 0 aliphatic heterocycles. The Morgan fingerprint density at radius 2 is 1.69 bits per heavy atom. The number of hydrogen-bond acceptors (Lipinski definition) is 3. The van der Waals surface area contributed by atoms with Gasteiger partial charge in [0.15, 0.2) is 0 Å². The smallest absolute Gasteiger partial charge is 0.238 e. The van der Waals surface area contributed by atoms with E-state index in [9.17, 15) is 8.42 Å². The SMILES string of the molecule is CCO.NS(=O)(=O)c1ccccc1. The van der Waals surface area contributed by atoms with Crippen LogP contribution in [0.3, 0.4) is 0 Å². The van der Waals surface area contributed by atoms with Gasteiger partial charge < -0.3 is 5.11 Å². The van der Waals surface area contributed by atoms with Crippen LogP contribution in [0.4, 0.5) is 0 Å². The molecule has 0 aliphatic carbocycles. The number of hydrogen-bond donors (Lipinski definition) is 2. The number of nitrogens with two attached hydrogens (primary N) is 1. The summed E-state index contributed by atoms with van der Waals surface area (Å²) in [7, 11) is -3.50. The molecular formula is C8H13NO3S. The lowest BCUT2D eigenvalue weighted by Gasteiger charge is -1.93. The molecule has 0 fully saturated rings. The van der Waals surface area contributed by atoms with Gasteiger partial charge in [0.25, 0.3) is 0 Å². The van der Waals surface area contributed by atoms with E-state index < -0.39 is 10.0 Å². The lowest BCUT2D eigenvalue weighted by Crippen LogP contribution is -2.11. The standard InChI is InChI=1S/C6H7NO2S.C2H6O/c7-10(8,9)6-4-2-1-3-5-6;1-2-3/h1-5H,(H2,7,8,9);3H,2H2,1H3. The van der Waals surface area contributed by atoms with Gasteiger partial charge in [0, 0.05) is 6.61 Å². The van der Waals surface area contributed by atoms with Crippen molar-refractivity contribution >= 4 is 10.0 Å². The Morgan fingerprint density at radius 3 is 1.92 bits per heavy atom. The van der Waals surface area contributed by atoms with Crippen LogP contribution < -0.4 is 5.14 Å². The summed E-state index contributed by atoms with van der Waals surface area (Å²) < 4.78 is 21.2. The van der Waals surface area contributed by atoms with E-state index in [4.69, 9.17) is 10.2 Å². The molecule has 0 saturated heterocycles. The summed E-state index contributed by atoms with van der Waals surface area (Å²) in [4.78, 5) is 0.148. The van der Waals surface area contributed by atoms with E-state index in [1.807, 2.05) is 0 Å². The van der Waals surface area contributed by atoms with Gasteiger partial charge >= 0.3 is 0 Å². The molecule has 3 N–H and O–H groups in total. The Kier molecular flexibility index (Phi) is 5.29. The van der Waals surface area contributed by atoms with Crippen LogP contribution in [0.1, 0.15) is 6.92 Å². The van der Waals surface area contributed by atoms with E-state index in [1.165, 1.54) is 12.1 Å². The number of primary sulfonamides is 1. The average molecular weight is 203 g/mol. The Bertz CT molecular complexity index is 321. The average Bonchev–Trinajstić information content (AvgIpc) is 2.06. The third-order valence-electron chi connectivity index (χ3n) is 1.07. The molecule has 1 aromatic rings. The number of rotatable bonds is 1. The molecule has 0 heterocycles. The van der Waals surface area contributed by atoms with Gasteiger partial charge in [0.05, 0.1) is 4.90 Å². The molecule has 1 rings (SSSR count). The molecule has 1 aromatic carbocycles. The number of sulfonamides is 1. The fourth-order valence-corrected chi connectivity index (χ4v) is 1.15. The predicted octanol–water partition coefficient (Wildman–Crippen LogP) is 0.333. The molecule has 0 atom stereocenters. The minimum Gasteiger partial charge on any atom is -0.397 e. The second-order valence-electron chi connectivity index (χ2n) is 2.17. The van der Waals surface area contributed by atoms with E-state index in [2.05, 4.69) is 0 Å². The molecule has 4 nitrogen and oxygen atoms in total. The summed E-state index contributed by atoms with van der Waals surface area (Å²) in [5.74, 6) is 0. The van der Waals surface area contributed by atoms with E-state index >= 15 is 0 Å². The summed E-state index contributed by atoms with van der Waals surface area (Å²) >= 11 is 0. The Balaban J connectivity index is 0.000000424. The van der Waals surface area contributed by atoms with Crippen LogP contribution >= 0.6 is 0 Å². The summed E-state index contributed by atoms with van der Waals surface area (Å²) in [6.45, 7) is 1.93. The van der Waals surface area contributed by atoms with Crippen molar-refractivity contribution in [3.05, 3.63) is 30.3 Å². The fraction of sp³-hybridized carbons (Fsp3) is 0.250. The van der Waals surface area contributed by atoms with Crippen molar-refractivity contribution in [1.29, 1.82) is 0 Å². The van der Waals surface area contributed by atoms with Gasteiger partial charge in [-0.3, -0.25) is 0 Å². The largest absolute Gasteiger partial charge is 0.397 e. The Hall–Kier alpha value is -0.910. The van der Waals surface area contributed by atoms with Gasteiger partial charge in [-0.25, -0.2) is 13.6 Å². The topological polar surface area (TPSA) is 80.4 Å². The van der Waals surface area contributed by atoms with Gasteiger partial charge in [0.2, 0.25) is 10.0 Å². The maximum atomic E-state index is 10.6. The van der Waals surface area contributed by atoms with Crippen LogP contribution in [0.15, 0.2) is 35.2 Å². The zero-order valence-corrected chi connectivity index (χ0v) is 8.16. The lowest BCUT2D eigenvalue weighted by atomic mass is 10.4. The van der Waals surface area contributed by atoms with Crippen LogP contribution in [0.5, 0.6) is 0 Å². The van der Waals surface area contributed by atoms with E-state index in [0.717, 1.165) is 0 Å². The Labute approximate surface area is 78.1 Å². The van der Waals surface area contributed by atoms with Crippen molar-refractivity contribution in [1.82, 2.24) is 0 Å². The van der Waals surface area contributed by atoms with Crippen molar-refractivity contribution in [3.63, 3.8) is 0 Å². The summed E-state index contributed by atoms with van der Waals surface area (Å²) in [6, 6.07) is 7.89. The third-order valence-corrected chi connectivity index (χ3v) is 2.00. The minimum atomic E-state index is -3.50. The highest BCUT2D eigenvalue weighted by atomic mass is 32.2. The predicted molar refractivity (Wildman–Crippen MR) is 50.6 cm³/mol. The first-order valence-electron chi connectivity index (χ1n) is 3.71. The van der Waals surface area contributed by atoms with Crippen LogP contribution in [-0.2, 0) is 10.0 Å². The van der Waals surface area contributed by atoms with Crippen LogP contribution in [0.2, 0.25) is 0 Å². The van der Waals surface area contributed by atoms with Gasteiger partial charge in [-0.2, -0.15) is 0 Å². The minimum absolute atomic E-state index is 0.148. The first kappa shape index (κ1) is 12.1. The fourth-order valence-electron chi connectivity index (χ4n) is 0.610. The second kappa shape index (κ2) is 5.69. The van der Waals surface area contributed by atoms with E-state index in [0.29, 0.717) is 0 Å². The molecule has 0 amide bonds. The van der Waals surface area contributed by atoms with Gasteiger partial charge in [0.1, 0.15) is 0 Å². The molecule has 0 radical (unpaired) electrons. The normalized spacial score (nSPS) is 10.1. The first-order chi connectivity index (χ1) is 6.02. The van der Waals surface area contributed by atoms with Crippen LogP contribution in [-0.4, -0.2) is 20.1 Å². The van der Waals surface area contributed by atoms with Crippen molar-refractivity contribution in [2.24, 2.45) is 5.14 Å². The summed E-state index contributed by atoms with van der Waals surface area (Å²) in [5.41, 5.74) is 0. The van der Waals surface area contributed by atoms with Crippen LogP contribution in [0, 0.1) is 0 Å². The molecule has 0 spiro atoms. The van der Waals surface area contributed by atoms with E-state index in [1.54, 1.807) is 25.1 Å². The molecule has 74 valence electrons. The highest BCUT2D eigenvalue weighted by Gasteiger charge is 2.03. The zero-order chi connectivity index (χ0) is 10.3. The monoisotopic (exact) mass is 203 g/mol. The first-order valence-corrected chi connectivity index (χ1v) is 5.25. The van der Waals surface area contributed by atoms with Gasteiger partial charge in [-0.05, 0) is 19.1 Å². The van der Waals surface area contributed by atoms with Crippen LogP contribution in [0.25, 0.3) is 0 Å². The zero-order valence-electron chi connectivity index (χ0n) is 7.34. The third kappa shape index (κ3) is 5.35. The van der Waals surface area contributed by atoms with Crippen molar-refractivity contribution < 1.29 is 13.5 Å². The molecule has 0 aliphatic rings. The number of aliphatic hydroxyl groups excluding tert-OH is 1. The van der Waals surface area contributed by atoms with Crippen molar-refractivity contribution in [2.45, 2.75) is 11.8 Å². The summed E-state index contributed by atoms with van der Waals surface area (Å²) in [5, 5.41) is 12.4. The maximum absolute atomic E-state index is 10.6. The molecule has 0 unspecified atom stereocenters. The highest BCUT2D eigenvalue weighted by molar-refractivity contribution is 7.89. The van der Waals surface area contributed by atoms with Gasteiger partial charge in [-0.1, -0.05) is 18.2 Å². The number of aliphatic hydroxyl groups is 1. The highest BCUT2D eigenvalue weighted by Crippen LogP contribution is 2.02. The quantitative estimate of drug-likeness (QED) is 0.690. The molecule has 0 bridgehead atoms.